The number of hydrogen-bond donors (Lipinski definition) is 2. The van der Waals surface area contributed by atoms with Crippen LogP contribution in [0.3, 0.4) is 0 Å². The highest BCUT2D eigenvalue weighted by Gasteiger charge is 2.26. The fraction of sp³-hybridized carbons (Fsp3) is 0. The van der Waals surface area contributed by atoms with E-state index in [9.17, 15) is 0 Å². The minimum Gasteiger partial charge on any atom is -0.324 e. The van der Waals surface area contributed by atoms with Crippen molar-refractivity contribution in [2.75, 3.05) is 0 Å². The van der Waals surface area contributed by atoms with Crippen molar-refractivity contribution in [3.63, 3.8) is 0 Å². The molecular weight excluding hydrogens is 861 g/mol. The Balaban J connectivity index is 1.10. The lowest BCUT2D eigenvalue weighted by atomic mass is 10.0. The Morgan fingerprint density at radius 3 is 0.571 bits per heavy atom. The Hall–Kier alpha value is -9.80. The predicted octanol–water partition coefficient (Wildman–Crippen LogP) is 14.2. The summed E-state index contributed by atoms with van der Waals surface area (Å²) in [6.07, 6.45) is 0. The van der Waals surface area contributed by atoms with Gasteiger partial charge in [-0.2, -0.15) is 0 Å². The molecule has 0 saturated heterocycles. The van der Waals surface area contributed by atoms with Crippen molar-refractivity contribution in [2.24, 2.45) is 0 Å². The maximum atomic E-state index is 5.41. The molecule has 10 aromatic carbocycles. The molecule has 10 bridgehead atoms. The first kappa shape index (κ1) is 37.3. The highest BCUT2D eigenvalue weighted by Crippen LogP contribution is 2.43. The summed E-state index contributed by atoms with van der Waals surface area (Å²) in [4.78, 5) is 50.2. The number of aromatic amines is 2. The lowest BCUT2D eigenvalue weighted by Crippen LogP contribution is -1.86. The van der Waals surface area contributed by atoms with Crippen LogP contribution in [0.5, 0.6) is 0 Å². The lowest BCUT2D eigenvalue weighted by Gasteiger charge is -2.04. The van der Waals surface area contributed by atoms with E-state index in [1.165, 1.54) is 0 Å². The van der Waals surface area contributed by atoms with E-state index in [0.717, 1.165) is 109 Å². The average Bonchev–Trinajstić information content (AvgIpc) is 4.18. The van der Waals surface area contributed by atoms with E-state index in [-0.39, 0.29) is 0 Å². The first-order chi connectivity index (χ1) is 34.6. The van der Waals surface area contributed by atoms with Gasteiger partial charge < -0.3 is 9.97 Å². The summed E-state index contributed by atoms with van der Waals surface area (Å²) in [5, 5.41) is 14.4. The third-order valence-corrected chi connectivity index (χ3v) is 14.1. The van der Waals surface area contributed by atoms with E-state index in [4.69, 9.17) is 39.9 Å². The van der Waals surface area contributed by atoms with Crippen LogP contribution in [0.15, 0.2) is 182 Å². The molecule has 2 N–H and O–H groups in total. The molecule has 3 aromatic heterocycles. The fourth-order valence-corrected chi connectivity index (χ4v) is 10.6. The molecule has 0 spiro atoms. The van der Waals surface area contributed by atoms with Gasteiger partial charge in [0.25, 0.3) is 0 Å². The molecule has 0 radical (unpaired) electrons. The molecule has 13 aromatic rings. The van der Waals surface area contributed by atoms with Crippen molar-refractivity contribution >= 4 is 98.0 Å². The molecule has 10 heteroatoms. The second-order valence-electron chi connectivity index (χ2n) is 18.2. The zero-order valence-electron chi connectivity index (χ0n) is 36.9. The molecule has 3 aliphatic rings. The molecule has 70 heavy (non-hydrogen) atoms. The van der Waals surface area contributed by atoms with Gasteiger partial charge in [0.05, 0.1) is 0 Å². The van der Waals surface area contributed by atoms with Gasteiger partial charge in [-0.15, -0.1) is 0 Å². The van der Waals surface area contributed by atoms with Crippen molar-refractivity contribution < 1.29 is 0 Å². The summed E-state index contributed by atoms with van der Waals surface area (Å²) in [5.74, 6) is 3.18. The Morgan fingerprint density at radius 2 is 0.371 bits per heavy atom. The first-order valence-corrected chi connectivity index (χ1v) is 23.2. The molecule has 0 unspecified atom stereocenters. The van der Waals surface area contributed by atoms with E-state index >= 15 is 0 Å². The van der Waals surface area contributed by atoms with Crippen LogP contribution in [0.1, 0.15) is 0 Å². The number of aromatic nitrogens is 10. The molecule has 0 amide bonds. The van der Waals surface area contributed by atoms with Crippen molar-refractivity contribution in [1.82, 2.24) is 49.8 Å². The Bertz CT molecular complexity index is 4500. The molecule has 3 aliphatic heterocycles. The van der Waals surface area contributed by atoms with Crippen LogP contribution in [-0.4, -0.2) is 49.8 Å². The molecule has 10 nitrogen and oxygen atoms in total. The SMILES string of the molecule is c1ccc2cc3c(cc2c1)-c1nc2nc(nc4[nH]c(nc5nc(nc6[nH]c(nc-3n1)c1cc3ccccc3cc61)-c1cc3ccccc3cc1-5)c1cc3ccccc3cc41)-c1cc3ccccc3cc1-2. The standard InChI is InChI=1S/C60H32N10/c1-2-12-32-22-42-41(21-31(32)11-1)51-61-52(42)67-54-45-25-35-15-5-6-16-36(35)26-46(45)56(63-54)69-58-49-29-39-19-9-10-20-40(39)30-50(49)60(65-58)70-59-48-28-38-18-8-7-17-37(38)27-47(48)57(64-59)68-55-44-24-34-14-4-3-13-33(34)23-43(44)53(62-55)66-51/h1-30H,(H2,61,62,63,64,65,66,67,68,69,70). The Morgan fingerprint density at radius 1 is 0.200 bits per heavy atom. The van der Waals surface area contributed by atoms with Crippen molar-refractivity contribution in [1.29, 1.82) is 0 Å². The van der Waals surface area contributed by atoms with Gasteiger partial charge in [-0.05, 0) is 115 Å². The van der Waals surface area contributed by atoms with Crippen molar-refractivity contribution in [3.8, 4) is 68.3 Å². The molecule has 0 atom stereocenters. The fourth-order valence-electron chi connectivity index (χ4n) is 10.6. The quantitative estimate of drug-likeness (QED) is 0.154. The number of H-pyrrole nitrogens is 2. The number of nitrogens with one attached hydrogen (secondary N) is 2. The van der Waals surface area contributed by atoms with Crippen LogP contribution >= 0.6 is 0 Å². The van der Waals surface area contributed by atoms with Gasteiger partial charge >= 0.3 is 0 Å². The van der Waals surface area contributed by atoms with Gasteiger partial charge in [-0.3, -0.25) is 0 Å². The predicted molar refractivity (Wildman–Crippen MR) is 281 cm³/mol. The summed E-state index contributed by atoms with van der Waals surface area (Å²) in [5.41, 5.74) is 7.75. The number of rotatable bonds is 0. The van der Waals surface area contributed by atoms with E-state index < -0.39 is 0 Å². The van der Waals surface area contributed by atoms with Crippen LogP contribution in [0, 0.1) is 0 Å². The normalized spacial score (nSPS) is 12.3. The van der Waals surface area contributed by atoms with Gasteiger partial charge in [0.2, 0.25) is 0 Å². The summed E-state index contributed by atoms with van der Waals surface area (Å²) >= 11 is 0. The minimum absolute atomic E-state index is 0.518. The van der Waals surface area contributed by atoms with Gasteiger partial charge in [0, 0.05) is 54.9 Å². The summed E-state index contributed by atoms with van der Waals surface area (Å²) in [6, 6.07) is 63.5. The molecule has 0 fully saturated rings. The average molecular weight is 893 g/mol. The number of fused-ring (bicyclic) bond motifs is 30. The molecule has 16 rings (SSSR count). The van der Waals surface area contributed by atoms with Gasteiger partial charge in [0.15, 0.2) is 34.9 Å². The minimum atomic E-state index is 0.518. The summed E-state index contributed by atoms with van der Waals surface area (Å²) in [6.45, 7) is 0. The van der Waals surface area contributed by atoms with E-state index in [2.05, 4.69) is 192 Å². The Labute approximate surface area is 396 Å². The third-order valence-electron chi connectivity index (χ3n) is 14.1. The molecule has 0 aliphatic carbocycles. The van der Waals surface area contributed by atoms with Crippen LogP contribution in [-0.2, 0) is 0 Å². The number of nitrogens with zero attached hydrogens (tertiary/aromatic N) is 8. The maximum Gasteiger partial charge on any atom is 0.164 e. The zero-order chi connectivity index (χ0) is 45.6. The highest BCUT2D eigenvalue weighted by atomic mass is 15.1. The maximum absolute atomic E-state index is 5.41. The van der Waals surface area contributed by atoms with Crippen LogP contribution in [0.25, 0.3) is 166 Å². The van der Waals surface area contributed by atoms with Gasteiger partial charge in [0.1, 0.15) is 22.6 Å². The second-order valence-corrected chi connectivity index (χ2v) is 18.2. The second kappa shape index (κ2) is 13.9. The number of hydrogen-bond acceptors (Lipinski definition) is 8. The largest absolute Gasteiger partial charge is 0.324 e. The van der Waals surface area contributed by atoms with Crippen molar-refractivity contribution in [3.05, 3.63) is 182 Å². The molecule has 6 heterocycles. The molecule has 0 saturated carbocycles. The molecule has 322 valence electrons. The number of benzene rings is 10. The first-order valence-electron chi connectivity index (χ1n) is 23.2. The van der Waals surface area contributed by atoms with Gasteiger partial charge in [-0.25, -0.2) is 39.9 Å². The van der Waals surface area contributed by atoms with E-state index in [0.29, 0.717) is 57.5 Å². The van der Waals surface area contributed by atoms with Crippen molar-refractivity contribution in [2.45, 2.75) is 0 Å². The van der Waals surface area contributed by atoms with Crippen LogP contribution < -0.4 is 0 Å². The third kappa shape index (κ3) is 5.55. The topological polar surface area (TPSA) is 135 Å². The highest BCUT2D eigenvalue weighted by molar-refractivity contribution is 6.13. The van der Waals surface area contributed by atoms with E-state index in [1.54, 1.807) is 0 Å². The van der Waals surface area contributed by atoms with Crippen LogP contribution in [0.4, 0.5) is 0 Å². The zero-order valence-corrected chi connectivity index (χ0v) is 36.9. The molecular formula is C60H32N10. The lowest BCUT2D eigenvalue weighted by molar-refractivity contribution is 1.16. The Kier molecular flexibility index (Phi) is 7.40. The summed E-state index contributed by atoms with van der Waals surface area (Å²) in [7, 11) is 0. The monoisotopic (exact) mass is 892 g/mol. The smallest absolute Gasteiger partial charge is 0.164 e. The van der Waals surface area contributed by atoms with Crippen LogP contribution in [0.2, 0.25) is 0 Å². The van der Waals surface area contributed by atoms with Gasteiger partial charge in [-0.1, -0.05) is 121 Å². The van der Waals surface area contributed by atoms with E-state index in [1.807, 2.05) is 0 Å². The summed E-state index contributed by atoms with van der Waals surface area (Å²) < 4.78 is 0.